The number of hydrogen-bond donors (Lipinski definition) is 1. The molecule has 1 N–H and O–H groups in total. The van der Waals surface area contributed by atoms with Gasteiger partial charge < -0.3 is 14.8 Å². The Bertz CT molecular complexity index is 1380. The first-order valence-corrected chi connectivity index (χ1v) is 11.7. The molecule has 0 radical (unpaired) electrons. The quantitative estimate of drug-likeness (QED) is 0.632. The average Bonchev–Trinajstić information content (AvgIpc) is 3.47. The molecule has 3 aromatic rings. The molecular formula is C22H21N3O6S. The minimum atomic E-state index is -3.58. The molecular weight excluding hydrogens is 434 g/mol. The summed E-state index contributed by atoms with van der Waals surface area (Å²) in [5.41, 5.74) is 0.652. The number of amides is 1. The Hall–Kier alpha value is -3.37. The smallest absolute Gasteiger partial charge is 0.251 e. The van der Waals surface area contributed by atoms with Gasteiger partial charge in [-0.1, -0.05) is 0 Å². The molecule has 10 heteroatoms. The van der Waals surface area contributed by atoms with Crippen LogP contribution in [0.5, 0.6) is 11.5 Å². The highest BCUT2D eigenvalue weighted by atomic mass is 32.2. The number of aromatic nitrogens is 1. The van der Waals surface area contributed by atoms with Crippen LogP contribution in [0.15, 0.2) is 58.2 Å². The molecule has 1 aromatic heterocycles. The summed E-state index contributed by atoms with van der Waals surface area (Å²) in [6.45, 7) is 0.941. The largest absolute Gasteiger partial charge is 0.454 e. The van der Waals surface area contributed by atoms with Crippen molar-refractivity contribution in [2.45, 2.75) is 24.3 Å². The molecule has 0 unspecified atom stereocenters. The first kappa shape index (κ1) is 20.5. The maximum Gasteiger partial charge on any atom is 0.251 e. The number of ether oxygens (including phenoxy) is 2. The summed E-state index contributed by atoms with van der Waals surface area (Å²) >= 11 is 0. The molecule has 0 bridgehead atoms. The number of fused-ring (bicyclic) bond motifs is 2. The molecule has 1 saturated heterocycles. The number of carbonyl (C=O) groups is 1. The van der Waals surface area contributed by atoms with Gasteiger partial charge in [0.25, 0.3) is 5.56 Å². The van der Waals surface area contributed by atoms with Crippen LogP contribution in [0.1, 0.15) is 12.8 Å². The van der Waals surface area contributed by atoms with Crippen LogP contribution in [0.25, 0.3) is 10.9 Å². The zero-order valence-corrected chi connectivity index (χ0v) is 17.9. The lowest BCUT2D eigenvalue weighted by Crippen LogP contribution is -2.28. The zero-order chi connectivity index (χ0) is 22.3. The fourth-order valence-electron chi connectivity index (χ4n) is 4.00. The van der Waals surface area contributed by atoms with Gasteiger partial charge >= 0.3 is 0 Å². The molecule has 9 nitrogen and oxygen atoms in total. The van der Waals surface area contributed by atoms with E-state index in [4.69, 9.17) is 9.47 Å². The average molecular weight is 455 g/mol. The van der Waals surface area contributed by atoms with Crippen molar-refractivity contribution in [3.8, 4) is 11.5 Å². The Labute approximate surface area is 184 Å². The summed E-state index contributed by atoms with van der Waals surface area (Å²) in [5, 5.41) is 3.32. The second-order valence-electron chi connectivity index (χ2n) is 7.71. The lowest BCUT2D eigenvalue weighted by molar-refractivity contribution is -0.116. The highest BCUT2D eigenvalue weighted by molar-refractivity contribution is 7.89. The minimum absolute atomic E-state index is 0.133. The van der Waals surface area contributed by atoms with E-state index in [1.165, 1.54) is 21.0 Å². The van der Waals surface area contributed by atoms with Crippen LogP contribution in [0.3, 0.4) is 0 Å². The first-order valence-electron chi connectivity index (χ1n) is 10.3. The Balaban J connectivity index is 1.41. The monoisotopic (exact) mass is 455 g/mol. The summed E-state index contributed by atoms with van der Waals surface area (Å²) < 4.78 is 39.1. The van der Waals surface area contributed by atoms with Crippen molar-refractivity contribution in [2.75, 3.05) is 25.2 Å². The van der Waals surface area contributed by atoms with Gasteiger partial charge in [0.2, 0.25) is 22.7 Å². The van der Waals surface area contributed by atoms with Crippen molar-refractivity contribution in [3.63, 3.8) is 0 Å². The van der Waals surface area contributed by atoms with Gasteiger partial charge in [-0.15, -0.1) is 0 Å². The van der Waals surface area contributed by atoms with E-state index in [9.17, 15) is 18.0 Å². The Morgan fingerprint density at radius 2 is 1.75 bits per heavy atom. The summed E-state index contributed by atoms with van der Waals surface area (Å²) in [6, 6.07) is 12.6. The van der Waals surface area contributed by atoms with Crippen LogP contribution < -0.4 is 20.3 Å². The van der Waals surface area contributed by atoms with Crippen molar-refractivity contribution in [1.82, 2.24) is 8.87 Å². The van der Waals surface area contributed by atoms with Crippen LogP contribution in [0, 0.1) is 0 Å². The van der Waals surface area contributed by atoms with E-state index in [1.807, 2.05) is 0 Å². The molecule has 2 aliphatic heterocycles. The van der Waals surface area contributed by atoms with Crippen molar-refractivity contribution < 1.29 is 22.7 Å². The maximum atomic E-state index is 12.9. The van der Waals surface area contributed by atoms with Gasteiger partial charge in [0.15, 0.2) is 11.5 Å². The predicted molar refractivity (Wildman–Crippen MR) is 117 cm³/mol. The van der Waals surface area contributed by atoms with E-state index in [1.54, 1.807) is 36.4 Å². The van der Waals surface area contributed by atoms with Gasteiger partial charge in [0.1, 0.15) is 6.54 Å². The van der Waals surface area contributed by atoms with Gasteiger partial charge in [0.05, 0.1) is 10.4 Å². The number of sulfonamides is 1. The molecule has 1 amide bonds. The fourth-order valence-corrected chi connectivity index (χ4v) is 5.55. The van der Waals surface area contributed by atoms with Crippen LogP contribution >= 0.6 is 0 Å². The maximum absolute atomic E-state index is 12.9. The second-order valence-corrected chi connectivity index (χ2v) is 9.64. The van der Waals surface area contributed by atoms with Crippen molar-refractivity contribution in [2.24, 2.45) is 0 Å². The summed E-state index contributed by atoms with van der Waals surface area (Å²) in [4.78, 5) is 25.3. The third-order valence-electron chi connectivity index (χ3n) is 5.62. The van der Waals surface area contributed by atoms with E-state index in [0.29, 0.717) is 41.2 Å². The van der Waals surface area contributed by atoms with E-state index in [-0.39, 0.29) is 23.8 Å². The molecule has 3 heterocycles. The van der Waals surface area contributed by atoms with Crippen LogP contribution in [0.2, 0.25) is 0 Å². The number of pyridine rings is 1. The predicted octanol–water partition coefficient (Wildman–Crippen LogP) is 2.15. The molecule has 2 aromatic carbocycles. The number of nitrogens with one attached hydrogen (secondary N) is 1. The first-order chi connectivity index (χ1) is 15.4. The highest BCUT2D eigenvalue weighted by Crippen LogP contribution is 2.34. The molecule has 166 valence electrons. The van der Waals surface area contributed by atoms with E-state index in [2.05, 4.69) is 5.32 Å². The molecule has 0 aliphatic carbocycles. The van der Waals surface area contributed by atoms with Crippen molar-refractivity contribution in [3.05, 3.63) is 58.9 Å². The normalized spacial score (nSPS) is 15.9. The highest BCUT2D eigenvalue weighted by Gasteiger charge is 2.27. The number of carbonyl (C=O) groups excluding carboxylic acids is 1. The van der Waals surface area contributed by atoms with Gasteiger partial charge in [0, 0.05) is 30.9 Å². The summed E-state index contributed by atoms with van der Waals surface area (Å²) in [6.07, 6.45) is 1.70. The van der Waals surface area contributed by atoms with Gasteiger partial charge in [-0.2, -0.15) is 4.31 Å². The van der Waals surface area contributed by atoms with Gasteiger partial charge in [-0.3, -0.25) is 14.2 Å². The molecule has 0 spiro atoms. The molecule has 1 fully saturated rings. The van der Waals surface area contributed by atoms with E-state index < -0.39 is 15.9 Å². The lowest BCUT2D eigenvalue weighted by atomic mass is 10.2. The number of rotatable bonds is 5. The minimum Gasteiger partial charge on any atom is -0.454 e. The molecule has 2 aliphatic rings. The summed E-state index contributed by atoms with van der Waals surface area (Å²) in [5.74, 6) is 0.747. The Morgan fingerprint density at radius 1 is 0.969 bits per heavy atom. The molecule has 5 rings (SSSR count). The number of anilines is 1. The van der Waals surface area contributed by atoms with Crippen LogP contribution in [0.4, 0.5) is 5.69 Å². The third kappa shape index (κ3) is 3.71. The van der Waals surface area contributed by atoms with Gasteiger partial charge in [-0.25, -0.2) is 8.42 Å². The van der Waals surface area contributed by atoms with Crippen molar-refractivity contribution >= 4 is 32.5 Å². The molecule has 32 heavy (non-hydrogen) atoms. The lowest BCUT2D eigenvalue weighted by Gasteiger charge is -2.16. The fraction of sp³-hybridized carbons (Fsp3) is 0.273. The Morgan fingerprint density at radius 3 is 2.56 bits per heavy atom. The zero-order valence-electron chi connectivity index (χ0n) is 17.1. The topological polar surface area (TPSA) is 107 Å². The number of hydrogen-bond acceptors (Lipinski definition) is 6. The number of benzene rings is 2. The Kier molecular flexibility index (Phi) is 5.10. The van der Waals surface area contributed by atoms with Crippen molar-refractivity contribution in [1.29, 1.82) is 0 Å². The van der Waals surface area contributed by atoms with E-state index in [0.717, 1.165) is 12.8 Å². The molecule has 0 atom stereocenters. The third-order valence-corrected chi connectivity index (χ3v) is 7.52. The van der Waals surface area contributed by atoms with Crippen LogP contribution in [-0.4, -0.2) is 43.1 Å². The molecule has 0 saturated carbocycles. The standard InChI is InChI=1S/C22H21N3O6S/c26-21(23-16-4-7-19-20(12-16)31-14-30-19)13-25-18-6-5-17(11-15(18)3-8-22(25)27)32(28,29)24-9-1-2-10-24/h3-8,11-12H,1-2,9-10,13-14H2,(H,23,26). The second kappa shape index (κ2) is 7.95. The van der Waals surface area contributed by atoms with E-state index >= 15 is 0 Å². The summed E-state index contributed by atoms with van der Waals surface area (Å²) in [7, 11) is -3.58. The van der Waals surface area contributed by atoms with Gasteiger partial charge in [-0.05, 0) is 54.6 Å². The van der Waals surface area contributed by atoms with Crippen LogP contribution in [-0.2, 0) is 21.4 Å². The SMILES string of the molecule is O=C(Cn1c(=O)ccc2cc(S(=O)(=O)N3CCCC3)ccc21)Nc1ccc2c(c1)OCO2. The number of nitrogens with zero attached hydrogens (tertiary/aromatic N) is 2.